The van der Waals surface area contributed by atoms with Gasteiger partial charge in [0.1, 0.15) is 0 Å². The van der Waals surface area contributed by atoms with Crippen LogP contribution in [-0.4, -0.2) is 60.4 Å². The van der Waals surface area contributed by atoms with E-state index in [0.29, 0.717) is 32.3 Å². The Morgan fingerprint density at radius 2 is 1.17 bits per heavy atom. The first kappa shape index (κ1) is 39.8. The Morgan fingerprint density at radius 3 is 1.48 bits per heavy atom. The minimum atomic E-state index is -1.62. The van der Waals surface area contributed by atoms with Crippen molar-refractivity contribution in [3.63, 3.8) is 0 Å². The van der Waals surface area contributed by atoms with Gasteiger partial charge in [0.2, 0.25) is 12.1 Å². The first-order valence-electron chi connectivity index (χ1n) is 15.6. The van der Waals surface area contributed by atoms with Crippen LogP contribution < -0.4 is 0 Å². The SMILES string of the molecule is CCC1CC([N+](=O)[O-])CC(CC)C1N=C(C)C(CCCO[Si](C)(C)C)=NC1C(CC)CC([N+](=O)[O-])CC1CC.[Br][Ni][Br]. The summed E-state index contributed by atoms with van der Waals surface area (Å²) in [5.41, 5.74) is 1.93. The third-order valence-corrected chi connectivity index (χ3v) is 10.2. The van der Waals surface area contributed by atoms with E-state index in [1.54, 1.807) is 0 Å². The second-order valence-corrected chi connectivity index (χ2v) is 22.4. The molecule has 2 aliphatic rings. The zero-order valence-corrected chi connectivity index (χ0v) is 32.0. The van der Waals surface area contributed by atoms with E-state index in [2.05, 4.69) is 82.7 Å². The van der Waals surface area contributed by atoms with Gasteiger partial charge in [0.15, 0.2) is 8.32 Å². The van der Waals surface area contributed by atoms with Gasteiger partial charge in [-0.15, -0.1) is 0 Å². The zero-order chi connectivity index (χ0) is 32.0. The summed E-state index contributed by atoms with van der Waals surface area (Å²) < 4.78 is 6.13. The van der Waals surface area contributed by atoms with Crippen LogP contribution >= 0.6 is 28.5 Å². The molecule has 0 aromatic heterocycles. The summed E-state index contributed by atoms with van der Waals surface area (Å²) in [5.74, 6) is 0.741. The Hall–Kier alpha value is -0.230. The van der Waals surface area contributed by atoms with Crippen molar-refractivity contribution in [3.8, 4) is 0 Å². The summed E-state index contributed by atoms with van der Waals surface area (Å²) in [4.78, 5) is 33.8. The number of hydrogen-bond acceptors (Lipinski definition) is 7. The molecule has 0 bridgehead atoms. The molecule has 2 rings (SSSR count). The third kappa shape index (κ3) is 13.0. The van der Waals surface area contributed by atoms with Gasteiger partial charge in [-0.3, -0.25) is 30.2 Å². The van der Waals surface area contributed by atoms with Gasteiger partial charge in [0.25, 0.3) is 0 Å². The van der Waals surface area contributed by atoms with Crippen LogP contribution in [0.3, 0.4) is 0 Å². The van der Waals surface area contributed by atoms with Crippen molar-refractivity contribution in [2.24, 2.45) is 33.7 Å². The first-order valence-corrected chi connectivity index (χ1v) is 23.9. The number of rotatable bonds is 14. The molecular formula is C29H54Br2N4NiO5Si. The van der Waals surface area contributed by atoms with Crippen molar-refractivity contribution in [1.82, 2.24) is 0 Å². The Bertz CT molecular complexity index is 880. The molecule has 0 aromatic rings. The van der Waals surface area contributed by atoms with Crippen molar-refractivity contribution in [1.29, 1.82) is 0 Å². The Balaban J connectivity index is 0.00000281. The van der Waals surface area contributed by atoms with Crippen molar-refractivity contribution in [2.75, 3.05) is 6.61 Å². The van der Waals surface area contributed by atoms with Gasteiger partial charge in [-0.2, -0.15) is 0 Å². The van der Waals surface area contributed by atoms with E-state index in [0.717, 1.165) is 49.9 Å². The summed E-state index contributed by atoms with van der Waals surface area (Å²) in [6.07, 6.45) is 7.44. The molecule has 248 valence electrons. The average Bonchev–Trinajstić information content (AvgIpc) is 2.93. The molecule has 0 radical (unpaired) electrons. The summed E-state index contributed by atoms with van der Waals surface area (Å²) in [6, 6.07) is -0.842. The molecule has 0 saturated heterocycles. The summed E-state index contributed by atoms with van der Waals surface area (Å²) >= 11 is 6.00. The van der Waals surface area contributed by atoms with Crippen LogP contribution in [0, 0.1) is 43.9 Å². The van der Waals surface area contributed by atoms with Crippen molar-refractivity contribution < 1.29 is 25.2 Å². The van der Waals surface area contributed by atoms with Crippen LogP contribution in [-0.2, 0) is 15.3 Å². The van der Waals surface area contributed by atoms with Gasteiger partial charge in [-0.05, 0) is 63.1 Å². The Morgan fingerprint density at radius 1 is 0.810 bits per heavy atom. The Labute approximate surface area is 275 Å². The van der Waals surface area contributed by atoms with Gasteiger partial charge in [0, 0.05) is 42.1 Å². The number of aliphatic imine (C=N–C) groups is 2. The van der Waals surface area contributed by atoms with Crippen LogP contribution in [0.5, 0.6) is 0 Å². The predicted octanol–water partition coefficient (Wildman–Crippen LogP) is 8.93. The molecule has 2 aliphatic carbocycles. The molecule has 0 amide bonds. The fourth-order valence-corrected chi connectivity index (χ4v) is 7.51. The molecule has 0 aliphatic heterocycles. The predicted molar refractivity (Wildman–Crippen MR) is 180 cm³/mol. The zero-order valence-electron chi connectivity index (χ0n) is 26.8. The van der Waals surface area contributed by atoms with Crippen molar-refractivity contribution in [2.45, 2.75) is 143 Å². The van der Waals surface area contributed by atoms with Gasteiger partial charge in [-0.25, -0.2) is 0 Å². The monoisotopic (exact) mass is 782 g/mol. The van der Waals surface area contributed by atoms with Crippen LogP contribution in [0.25, 0.3) is 0 Å². The molecule has 0 heterocycles. The average molecular weight is 785 g/mol. The standard InChI is InChI=1S/C29H54N4O5Si.2BrH.Ni/c1-9-21-16-25(32(34)35)17-22(10-2)28(21)30-20(5)27(14-13-15-38-39(6,7)8)31-29-23(11-3)18-26(33(36)37)19-24(29)12-4;;;/h21-26,28-29H,9-19H2,1-8H3;2*1H;/q;;;+2/p-2. The number of nitro groups is 2. The van der Waals surface area contributed by atoms with Crippen LogP contribution in [0.15, 0.2) is 9.98 Å². The molecule has 4 atom stereocenters. The molecule has 0 N–H and O–H groups in total. The summed E-state index contributed by atoms with van der Waals surface area (Å²) in [7, 11) is -0.369. The normalized spacial score (nSPS) is 30.9. The fraction of sp³-hybridized carbons (Fsp3) is 0.931. The van der Waals surface area contributed by atoms with Crippen LogP contribution in [0.4, 0.5) is 0 Å². The van der Waals surface area contributed by atoms with Crippen molar-refractivity contribution in [3.05, 3.63) is 20.2 Å². The molecule has 42 heavy (non-hydrogen) atoms. The molecule has 2 fully saturated rings. The molecule has 0 aromatic carbocycles. The van der Waals surface area contributed by atoms with E-state index in [9.17, 15) is 20.2 Å². The molecule has 9 nitrogen and oxygen atoms in total. The van der Waals surface area contributed by atoms with E-state index in [1.807, 2.05) is 0 Å². The number of nitrogens with zero attached hydrogens (tertiary/aromatic N) is 4. The number of halogens is 2. The van der Waals surface area contributed by atoms with Gasteiger partial charge in [0.05, 0.1) is 23.5 Å². The second kappa shape index (κ2) is 20.0. The maximum absolute atomic E-state index is 11.7. The van der Waals surface area contributed by atoms with E-state index in [4.69, 9.17) is 14.4 Å². The van der Waals surface area contributed by atoms with Crippen molar-refractivity contribution >= 4 is 48.2 Å². The van der Waals surface area contributed by atoms with Crippen LogP contribution in [0.1, 0.15) is 98.8 Å². The molecule has 4 unspecified atom stereocenters. The topological polar surface area (TPSA) is 120 Å². The summed E-state index contributed by atoms with van der Waals surface area (Å²) in [5, 5.41) is 23.3. The Kier molecular flexibility index (Phi) is 19.0. The molecule has 13 heteroatoms. The van der Waals surface area contributed by atoms with Crippen LogP contribution in [0.2, 0.25) is 19.6 Å². The maximum atomic E-state index is 11.7. The van der Waals surface area contributed by atoms with E-state index in [-0.39, 0.29) is 45.6 Å². The minimum absolute atomic E-state index is 0.0587. The van der Waals surface area contributed by atoms with Gasteiger partial charge >= 0.3 is 39.3 Å². The van der Waals surface area contributed by atoms with E-state index in [1.165, 1.54) is 10.9 Å². The van der Waals surface area contributed by atoms with Gasteiger partial charge in [-0.1, -0.05) is 53.4 Å². The third-order valence-electron chi connectivity index (χ3n) is 9.08. The van der Waals surface area contributed by atoms with E-state index < -0.39 is 20.4 Å². The molecule has 2 saturated carbocycles. The number of hydrogen-bond donors (Lipinski definition) is 0. The van der Waals surface area contributed by atoms with Gasteiger partial charge < -0.3 is 4.43 Å². The second-order valence-electron chi connectivity index (χ2n) is 12.9. The molecule has 0 spiro atoms. The molecular weight excluding hydrogens is 731 g/mol. The summed E-state index contributed by atoms with van der Waals surface area (Å²) in [6.45, 7) is 17.8. The quantitative estimate of drug-likeness (QED) is 0.0573. The van der Waals surface area contributed by atoms with E-state index >= 15 is 0 Å². The first-order chi connectivity index (χ1) is 19.8. The fourth-order valence-electron chi connectivity index (χ4n) is 6.75.